The number of nitrogen functional groups attached to an aromatic ring is 1. The summed E-state index contributed by atoms with van der Waals surface area (Å²) in [5.41, 5.74) is 4.67. The van der Waals surface area contributed by atoms with Crippen LogP contribution in [0.4, 0.5) is 5.13 Å². The predicted molar refractivity (Wildman–Crippen MR) is 142 cm³/mol. The van der Waals surface area contributed by atoms with Crippen LogP contribution >= 0.6 is 23.1 Å². The monoisotopic (exact) mass is 587 g/mol. The second kappa shape index (κ2) is 10.3. The Labute approximate surface area is 234 Å². The number of carboxylic acids is 2. The second-order valence-electron chi connectivity index (χ2n) is 9.39. The summed E-state index contributed by atoms with van der Waals surface area (Å²) in [7, 11) is 0. The van der Waals surface area contributed by atoms with E-state index in [1.54, 1.807) is 29.2 Å². The highest BCUT2D eigenvalue weighted by Crippen LogP contribution is 2.40. The van der Waals surface area contributed by atoms with Crippen molar-refractivity contribution in [2.75, 3.05) is 11.5 Å². The molecule has 2 aliphatic heterocycles. The number of nitrogens with one attached hydrogen (secondary N) is 1. The Morgan fingerprint density at radius 2 is 2.12 bits per heavy atom. The van der Waals surface area contributed by atoms with E-state index in [4.69, 9.17) is 15.0 Å². The lowest BCUT2D eigenvalue weighted by molar-refractivity contribution is -0.687. The van der Waals surface area contributed by atoms with Crippen LogP contribution < -0.4 is 15.6 Å². The second-order valence-corrected chi connectivity index (χ2v) is 11.4. The maximum Gasteiger partial charge on any atom is 0.352 e. The van der Waals surface area contributed by atoms with E-state index in [2.05, 4.69) is 15.5 Å². The number of amides is 2. The van der Waals surface area contributed by atoms with Crippen LogP contribution in [0.1, 0.15) is 19.5 Å². The smallest absolute Gasteiger partial charge is 0.352 e. The maximum atomic E-state index is 13.2. The van der Waals surface area contributed by atoms with Crippen molar-refractivity contribution in [1.82, 2.24) is 15.2 Å². The van der Waals surface area contributed by atoms with Gasteiger partial charge in [0.05, 0.1) is 11.6 Å². The van der Waals surface area contributed by atoms with Gasteiger partial charge in [-0.2, -0.15) is 0 Å². The molecule has 0 aliphatic carbocycles. The van der Waals surface area contributed by atoms with Gasteiger partial charge in [0, 0.05) is 22.8 Å². The molecule has 3 aromatic rings. The van der Waals surface area contributed by atoms with Gasteiger partial charge in [0.15, 0.2) is 29.8 Å². The molecule has 0 aromatic carbocycles. The molecule has 5 N–H and O–H groups in total. The number of carbonyl (C=O) groups is 4. The number of fused-ring (bicyclic) bond motifs is 2. The number of furan rings is 1. The Hall–Kier alpha value is -4.44. The van der Waals surface area contributed by atoms with Gasteiger partial charge < -0.3 is 30.5 Å². The van der Waals surface area contributed by atoms with Crippen molar-refractivity contribution in [3.05, 3.63) is 53.1 Å². The molecule has 2 atom stereocenters. The molecule has 1 fully saturated rings. The van der Waals surface area contributed by atoms with E-state index in [1.165, 1.54) is 31.0 Å². The minimum atomic E-state index is -1.76. The summed E-state index contributed by atoms with van der Waals surface area (Å²) in [6, 6.07) is 2.50. The zero-order valence-electron chi connectivity index (χ0n) is 21.1. The van der Waals surface area contributed by atoms with Crippen molar-refractivity contribution in [3.8, 4) is 0 Å². The highest BCUT2D eigenvalue weighted by atomic mass is 32.2. The van der Waals surface area contributed by atoms with Crippen LogP contribution in [0.5, 0.6) is 0 Å². The number of rotatable bonds is 9. The highest BCUT2D eigenvalue weighted by Gasteiger charge is 2.55. The van der Waals surface area contributed by atoms with Crippen LogP contribution in [0.3, 0.4) is 0 Å². The summed E-state index contributed by atoms with van der Waals surface area (Å²) in [6.07, 6.45) is 5.14. The number of carboxylic acid groups (broad SMARTS) is 2. The van der Waals surface area contributed by atoms with Gasteiger partial charge in [0.25, 0.3) is 11.8 Å². The van der Waals surface area contributed by atoms with Gasteiger partial charge in [-0.1, -0.05) is 5.16 Å². The molecule has 16 heteroatoms. The van der Waals surface area contributed by atoms with E-state index < -0.39 is 40.8 Å². The van der Waals surface area contributed by atoms with E-state index in [-0.39, 0.29) is 28.8 Å². The molecule has 208 valence electrons. The van der Waals surface area contributed by atoms with E-state index in [0.717, 1.165) is 21.6 Å². The van der Waals surface area contributed by atoms with Crippen molar-refractivity contribution in [2.45, 2.75) is 37.4 Å². The number of hydrogen-bond acceptors (Lipinski definition) is 11. The molecule has 2 amide bonds. The number of aliphatic carboxylic acids is 2. The third-order valence-corrected chi connectivity index (χ3v) is 8.23. The number of thiazole rings is 1. The molecule has 0 radical (unpaired) electrons. The molecule has 3 aromatic heterocycles. The Balaban J connectivity index is 1.36. The Bertz CT molecular complexity index is 1610. The lowest BCUT2D eigenvalue weighted by Crippen LogP contribution is -2.71. The largest absolute Gasteiger partial charge is 0.478 e. The molecule has 1 saturated heterocycles. The normalized spacial score (nSPS) is 19.3. The van der Waals surface area contributed by atoms with Crippen molar-refractivity contribution < 1.29 is 43.2 Å². The molecular formula is C24H23N6O8S2+. The van der Waals surface area contributed by atoms with Crippen molar-refractivity contribution in [2.24, 2.45) is 5.16 Å². The molecule has 5 heterocycles. The summed E-state index contributed by atoms with van der Waals surface area (Å²) in [5.74, 6) is -3.74. The van der Waals surface area contributed by atoms with Crippen molar-refractivity contribution in [1.29, 1.82) is 0 Å². The molecule has 0 saturated carbocycles. The predicted octanol–water partition coefficient (Wildman–Crippen LogP) is 0.782. The average molecular weight is 588 g/mol. The number of oxime groups is 1. The molecule has 40 heavy (non-hydrogen) atoms. The summed E-state index contributed by atoms with van der Waals surface area (Å²) in [4.78, 5) is 60.3. The number of aromatic nitrogens is 2. The number of carbonyl (C=O) groups excluding carboxylic acids is 2. The molecule has 5 rings (SSSR count). The molecule has 1 unspecified atom stereocenters. The zero-order valence-corrected chi connectivity index (χ0v) is 22.7. The van der Waals surface area contributed by atoms with Gasteiger partial charge in [0.2, 0.25) is 5.60 Å². The quantitative estimate of drug-likeness (QED) is 0.119. The number of thioether (sulfide) groups is 1. The fourth-order valence-electron chi connectivity index (χ4n) is 4.09. The molecule has 2 aliphatic rings. The summed E-state index contributed by atoms with van der Waals surface area (Å²) in [6.45, 7) is 2.74. The first-order valence-electron chi connectivity index (χ1n) is 11.7. The van der Waals surface area contributed by atoms with Gasteiger partial charge in [-0.25, -0.2) is 19.1 Å². The van der Waals surface area contributed by atoms with Gasteiger partial charge in [0.1, 0.15) is 28.4 Å². The Morgan fingerprint density at radius 1 is 1.35 bits per heavy atom. The van der Waals surface area contributed by atoms with Crippen LogP contribution in [0.25, 0.3) is 11.0 Å². The summed E-state index contributed by atoms with van der Waals surface area (Å²) >= 11 is 2.34. The number of anilines is 1. The third kappa shape index (κ3) is 4.98. The van der Waals surface area contributed by atoms with E-state index >= 15 is 0 Å². The van der Waals surface area contributed by atoms with E-state index in [0.29, 0.717) is 16.9 Å². The van der Waals surface area contributed by atoms with Gasteiger partial charge >= 0.3 is 11.9 Å². The first-order valence-corrected chi connectivity index (χ1v) is 13.7. The molecule has 14 nitrogen and oxygen atoms in total. The molecule has 0 bridgehead atoms. The van der Waals surface area contributed by atoms with Gasteiger partial charge in [-0.3, -0.25) is 14.5 Å². The standard InChI is InChI=1S/C24H22N6O8S2/c1-24(2,22(35)36)38-28-15(13-10-40-23(25)26-13)18(31)27-16-19(32)30-17(21(33)34)12(9-39-20(16)30)8-29-5-3-14-11(7-29)4-6-37-14/h3-7,10,16,20H,8-9H2,1-2H3,(H4-,25,26,27,31,33,34,35,36)/p+1/t16?,20-/m0/s1. The lowest BCUT2D eigenvalue weighted by Gasteiger charge is -2.49. The molecule has 0 spiro atoms. The first-order chi connectivity index (χ1) is 19.0. The van der Waals surface area contributed by atoms with Crippen LogP contribution in [0.15, 0.2) is 57.0 Å². The number of nitrogens with two attached hydrogens (primary N) is 1. The van der Waals surface area contributed by atoms with Crippen molar-refractivity contribution >= 4 is 68.7 Å². The van der Waals surface area contributed by atoms with Gasteiger partial charge in [-0.05, 0) is 19.9 Å². The van der Waals surface area contributed by atoms with Crippen molar-refractivity contribution in [3.63, 3.8) is 0 Å². The van der Waals surface area contributed by atoms with Gasteiger partial charge in [-0.15, -0.1) is 23.1 Å². The minimum Gasteiger partial charge on any atom is -0.478 e. The van der Waals surface area contributed by atoms with Crippen LogP contribution in [0.2, 0.25) is 0 Å². The topological polar surface area (TPSA) is 202 Å². The minimum absolute atomic E-state index is 0.0288. The van der Waals surface area contributed by atoms with Crippen LogP contribution in [-0.2, 0) is 30.6 Å². The maximum absolute atomic E-state index is 13.2. The van der Waals surface area contributed by atoms with Crippen LogP contribution in [-0.4, -0.2) is 72.3 Å². The number of nitrogens with zero attached hydrogens (tertiary/aromatic N) is 4. The SMILES string of the molecule is CC(C)(ON=C(C(=O)NC1C(=O)N2C(C(=O)O)=C(C[n+]3ccc4occc4c3)CS[C@@H]12)c1csc(N)n1)C(=O)O. The van der Waals surface area contributed by atoms with E-state index in [1.807, 2.05) is 6.20 Å². The Kier molecular flexibility index (Phi) is 6.97. The lowest BCUT2D eigenvalue weighted by atomic mass is 10.0. The fourth-order valence-corrected chi connectivity index (χ4v) is 5.97. The van der Waals surface area contributed by atoms with E-state index in [9.17, 15) is 29.4 Å². The molecular weight excluding hydrogens is 564 g/mol. The first kappa shape index (κ1) is 27.1. The Morgan fingerprint density at radius 3 is 2.80 bits per heavy atom. The summed E-state index contributed by atoms with van der Waals surface area (Å²) in [5, 5.41) is 27.3. The zero-order chi connectivity index (χ0) is 28.8. The number of β-lactam (4-membered cyclic amide) rings is 1. The highest BCUT2D eigenvalue weighted by molar-refractivity contribution is 8.00. The number of pyridine rings is 1. The third-order valence-electron chi connectivity index (χ3n) is 6.22. The summed E-state index contributed by atoms with van der Waals surface area (Å²) < 4.78 is 7.15. The van der Waals surface area contributed by atoms with Crippen LogP contribution in [0, 0.1) is 0 Å². The average Bonchev–Trinajstić information content (AvgIpc) is 3.55. The fraction of sp³-hybridized carbons (Fsp3) is 0.292. The number of hydrogen-bond donors (Lipinski definition) is 4.